The molecule has 0 unspecified atom stereocenters. The number of rotatable bonds is 6. The highest BCUT2D eigenvalue weighted by Crippen LogP contribution is 2.27. The predicted molar refractivity (Wildman–Crippen MR) is 115 cm³/mol. The molecule has 0 aliphatic heterocycles. The lowest BCUT2D eigenvalue weighted by atomic mass is 10.0. The summed E-state index contributed by atoms with van der Waals surface area (Å²) < 4.78 is 94.3. The van der Waals surface area contributed by atoms with Crippen molar-refractivity contribution >= 4 is 22.9 Å². The number of benzene rings is 3. The van der Waals surface area contributed by atoms with Gasteiger partial charge in [-0.3, -0.25) is 0 Å². The maximum absolute atomic E-state index is 14.5. The van der Waals surface area contributed by atoms with Crippen LogP contribution in [0.15, 0.2) is 36.4 Å². The van der Waals surface area contributed by atoms with Crippen LogP contribution in [0, 0.1) is 35.1 Å². The zero-order valence-corrected chi connectivity index (χ0v) is 17.6. The average Bonchev–Trinajstić information content (AvgIpc) is 2.72. The Hall–Kier alpha value is -3.27. The first kappa shape index (κ1) is 24.4. The van der Waals surface area contributed by atoms with Crippen LogP contribution in [0.2, 0.25) is 0 Å². The largest absolute Gasteiger partial charge is 0.458 e. The van der Waals surface area contributed by atoms with E-state index in [9.17, 15) is 30.7 Å². The molecule has 0 heterocycles. The second kappa shape index (κ2) is 10.1. The summed E-state index contributed by atoms with van der Waals surface area (Å²) >= 11 is 0. The van der Waals surface area contributed by atoms with Gasteiger partial charge in [0.1, 0.15) is 23.3 Å². The van der Waals surface area contributed by atoms with Gasteiger partial charge in [-0.2, -0.15) is 13.2 Å². The van der Waals surface area contributed by atoms with Crippen molar-refractivity contribution in [1.82, 2.24) is 0 Å². The number of alkyl halides is 3. The van der Waals surface area contributed by atoms with Crippen LogP contribution in [0.25, 0.3) is 22.9 Å². The summed E-state index contributed by atoms with van der Waals surface area (Å²) in [7, 11) is 0. The molecule has 0 atom stereocenters. The summed E-state index contributed by atoms with van der Waals surface area (Å²) in [6.45, 7) is 2.03. The molecule has 0 radical (unpaired) electrons. The van der Waals surface area contributed by atoms with Crippen LogP contribution in [-0.4, -0.2) is 6.18 Å². The standard InChI is InChI=1S/C26H19F7/c1-2-3-4-5-17-13-22(27)20(23(28)14-17)9-7-16-6-8-19-18(12-16)15-24(29)21(25(19)30)10-11-26(31,32)33/h6-9,12-15H,2-5H2,1H3/b9-7+. The van der Waals surface area contributed by atoms with Gasteiger partial charge in [0.25, 0.3) is 0 Å². The van der Waals surface area contributed by atoms with Crippen LogP contribution in [-0.2, 0) is 6.42 Å². The molecular formula is C26H19F7. The summed E-state index contributed by atoms with van der Waals surface area (Å²) in [5.41, 5.74) is -0.270. The molecule has 0 N–H and O–H groups in total. The van der Waals surface area contributed by atoms with Crippen LogP contribution in [0.1, 0.15) is 48.4 Å². The Bertz CT molecular complexity index is 1230. The molecule has 0 bridgehead atoms. The van der Waals surface area contributed by atoms with Gasteiger partial charge in [-0.05, 0) is 59.7 Å². The lowest BCUT2D eigenvalue weighted by molar-refractivity contribution is -0.0696. The Morgan fingerprint density at radius 1 is 0.848 bits per heavy atom. The van der Waals surface area contributed by atoms with Crippen LogP contribution >= 0.6 is 0 Å². The molecule has 3 rings (SSSR count). The molecule has 0 nitrogen and oxygen atoms in total. The van der Waals surface area contributed by atoms with Gasteiger partial charge >= 0.3 is 6.18 Å². The molecule has 7 heteroatoms. The van der Waals surface area contributed by atoms with Crippen molar-refractivity contribution in [2.24, 2.45) is 0 Å². The monoisotopic (exact) mass is 464 g/mol. The Balaban J connectivity index is 1.90. The first-order chi connectivity index (χ1) is 15.6. The lowest BCUT2D eigenvalue weighted by Crippen LogP contribution is -2.02. The molecule has 3 aromatic rings. The van der Waals surface area contributed by atoms with Gasteiger partial charge in [-0.25, -0.2) is 17.6 Å². The second-order valence-electron chi connectivity index (χ2n) is 7.54. The van der Waals surface area contributed by atoms with E-state index < -0.39 is 35.0 Å². The van der Waals surface area contributed by atoms with Crippen molar-refractivity contribution < 1.29 is 30.7 Å². The quantitative estimate of drug-likeness (QED) is 0.149. The van der Waals surface area contributed by atoms with E-state index in [1.807, 2.05) is 6.92 Å². The first-order valence-corrected chi connectivity index (χ1v) is 10.3. The molecule has 0 aromatic heterocycles. The normalized spacial score (nSPS) is 11.8. The highest BCUT2D eigenvalue weighted by Gasteiger charge is 2.24. The van der Waals surface area contributed by atoms with Gasteiger partial charge in [0.2, 0.25) is 0 Å². The van der Waals surface area contributed by atoms with E-state index in [0.717, 1.165) is 31.2 Å². The molecule has 0 spiro atoms. The van der Waals surface area contributed by atoms with Crippen molar-refractivity contribution in [3.63, 3.8) is 0 Å². The smallest absolute Gasteiger partial charge is 0.206 e. The van der Waals surface area contributed by atoms with Crippen molar-refractivity contribution in [2.45, 2.75) is 38.8 Å². The van der Waals surface area contributed by atoms with Gasteiger partial charge < -0.3 is 0 Å². The molecule has 0 aliphatic rings. The number of hydrogen-bond acceptors (Lipinski definition) is 0. The SMILES string of the molecule is CCCCCc1cc(F)c(/C=C/c2ccc3c(F)c(C#CC(F)(F)F)c(F)cc3c2)c(F)c1. The van der Waals surface area contributed by atoms with Crippen molar-refractivity contribution in [2.75, 3.05) is 0 Å². The Kier molecular flexibility index (Phi) is 7.47. The number of halogens is 7. The van der Waals surface area contributed by atoms with E-state index in [0.29, 0.717) is 17.5 Å². The molecule has 0 amide bonds. The molecule has 33 heavy (non-hydrogen) atoms. The van der Waals surface area contributed by atoms with Crippen LogP contribution in [0.3, 0.4) is 0 Å². The highest BCUT2D eigenvalue weighted by atomic mass is 19.4. The van der Waals surface area contributed by atoms with Crippen molar-refractivity contribution in [3.05, 3.63) is 81.9 Å². The molecule has 0 saturated carbocycles. The minimum Gasteiger partial charge on any atom is -0.206 e. The fourth-order valence-corrected chi connectivity index (χ4v) is 3.40. The molecule has 0 fully saturated rings. The zero-order chi connectivity index (χ0) is 24.2. The first-order valence-electron chi connectivity index (χ1n) is 10.3. The zero-order valence-electron chi connectivity index (χ0n) is 17.6. The number of hydrogen-bond donors (Lipinski definition) is 0. The summed E-state index contributed by atoms with van der Waals surface area (Å²) in [5, 5.41) is -0.0641. The van der Waals surface area contributed by atoms with Crippen LogP contribution < -0.4 is 0 Å². The van der Waals surface area contributed by atoms with Crippen LogP contribution in [0.4, 0.5) is 30.7 Å². The van der Waals surface area contributed by atoms with Crippen LogP contribution in [0.5, 0.6) is 0 Å². The minimum absolute atomic E-state index is 0.0666. The third-order valence-corrected chi connectivity index (χ3v) is 5.03. The molecule has 172 valence electrons. The third-order valence-electron chi connectivity index (χ3n) is 5.03. The molecule has 3 aromatic carbocycles. The summed E-state index contributed by atoms with van der Waals surface area (Å²) in [6, 6.07) is 7.43. The number of unbranched alkanes of at least 4 members (excludes halogenated alkanes) is 2. The van der Waals surface area contributed by atoms with Crippen molar-refractivity contribution in [1.29, 1.82) is 0 Å². The fraction of sp³-hybridized carbons (Fsp3) is 0.231. The average molecular weight is 464 g/mol. The fourth-order valence-electron chi connectivity index (χ4n) is 3.40. The summed E-state index contributed by atoms with van der Waals surface area (Å²) in [4.78, 5) is 0. The molecular weight excluding hydrogens is 445 g/mol. The molecule has 0 aliphatic carbocycles. The van der Waals surface area contributed by atoms with E-state index in [-0.39, 0.29) is 16.3 Å². The molecule has 0 saturated heterocycles. The highest BCUT2D eigenvalue weighted by molar-refractivity contribution is 5.88. The van der Waals surface area contributed by atoms with E-state index in [1.165, 1.54) is 48.4 Å². The van der Waals surface area contributed by atoms with E-state index in [2.05, 4.69) is 0 Å². The Morgan fingerprint density at radius 2 is 1.55 bits per heavy atom. The Labute approximate surface area is 186 Å². The van der Waals surface area contributed by atoms with E-state index >= 15 is 0 Å². The third kappa shape index (κ3) is 6.16. The summed E-state index contributed by atoms with van der Waals surface area (Å²) in [5.74, 6) is -1.56. The topological polar surface area (TPSA) is 0 Å². The van der Waals surface area contributed by atoms with Gasteiger partial charge in [-0.15, -0.1) is 0 Å². The number of fused-ring (bicyclic) bond motifs is 1. The van der Waals surface area contributed by atoms with Gasteiger partial charge in [-0.1, -0.05) is 43.9 Å². The van der Waals surface area contributed by atoms with Gasteiger partial charge in [0, 0.05) is 16.9 Å². The lowest BCUT2D eigenvalue weighted by Gasteiger charge is -2.07. The van der Waals surface area contributed by atoms with Gasteiger partial charge in [0.15, 0.2) is 0 Å². The van der Waals surface area contributed by atoms with E-state index in [4.69, 9.17) is 0 Å². The predicted octanol–water partition coefficient (Wildman–Crippen LogP) is 8.21. The minimum atomic E-state index is -4.89. The van der Waals surface area contributed by atoms with E-state index in [1.54, 1.807) is 0 Å². The maximum Gasteiger partial charge on any atom is 0.458 e. The maximum atomic E-state index is 14.5. The number of aryl methyl sites for hydroxylation is 1. The van der Waals surface area contributed by atoms with Crippen molar-refractivity contribution in [3.8, 4) is 11.8 Å². The second-order valence-corrected chi connectivity index (χ2v) is 7.54. The summed E-state index contributed by atoms with van der Waals surface area (Å²) in [6.07, 6.45) is 1.07. The van der Waals surface area contributed by atoms with Gasteiger partial charge in [0.05, 0.1) is 5.56 Å². The Morgan fingerprint density at radius 3 is 2.18 bits per heavy atom.